The summed E-state index contributed by atoms with van der Waals surface area (Å²) in [6.45, 7) is 2.57. The fourth-order valence-electron chi connectivity index (χ4n) is 2.19. The molecule has 1 aromatic heterocycles. The number of aromatic nitrogens is 3. The number of methoxy groups -OCH3 is 1. The summed E-state index contributed by atoms with van der Waals surface area (Å²) in [5.74, 6) is 0.566. The molecule has 2 aromatic rings. The van der Waals surface area contributed by atoms with Crippen LogP contribution >= 0.6 is 0 Å². The van der Waals surface area contributed by atoms with E-state index in [1.54, 1.807) is 0 Å². The minimum Gasteiger partial charge on any atom is -0.508 e. The lowest BCUT2D eigenvalue weighted by molar-refractivity contribution is 0.122. The van der Waals surface area contributed by atoms with Gasteiger partial charge >= 0.3 is 6.01 Å². The van der Waals surface area contributed by atoms with E-state index in [1.807, 2.05) is 4.90 Å². The molecule has 1 fully saturated rings. The van der Waals surface area contributed by atoms with Crippen LogP contribution in [0, 0.1) is 0 Å². The maximum Gasteiger partial charge on any atom is 0.322 e. The van der Waals surface area contributed by atoms with Crippen LogP contribution < -0.4 is 15.1 Å². The van der Waals surface area contributed by atoms with E-state index in [-0.39, 0.29) is 23.5 Å². The molecule has 0 saturated carbocycles. The van der Waals surface area contributed by atoms with Gasteiger partial charge in [0.1, 0.15) is 11.5 Å². The Morgan fingerprint density at radius 1 is 1.24 bits per heavy atom. The van der Waals surface area contributed by atoms with Crippen molar-refractivity contribution in [3.8, 4) is 17.5 Å². The number of phenols is 2. The first-order valence-corrected chi connectivity index (χ1v) is 7.59. The molecule has 0 radical (unpaired) electrons. The number of nitrogens with zero attached hydrogens (tertiary/aromatic N) is 5. The molecular formula is C15H18N6O4. The van der Waals surface area contributed by atoms with Crippen LogP contribution in [-0.2, 0) is 4.74 Å². The monoisotopic (exact) mass is 346 g/mol. The highest BCUT2D eigenvalue weighted by atomic mass is 16.5. The van der Waals surface area contributed by atoms with Crippen molar-refractivity contribution >= 4 is 18.1 Å². The van der Waals surface area contributed by atoms with Crippen LogP contribution in [0.4, 0.5) is 11.9 Å². The molecule has 0 aliphatic carbocycles. The van der Waals surface area contributed by atoms with Crippen LogP contribution in [-0.4, -0.2) is 64.8 Å². The summed E-state index contributed by atoms with van der Waals surface area (Å²) in [6, 6.07) is 4.37. The summed E-state index contributed by atoms with van der Waals surface area (Å²) in [5, 5.41) is 23.0. The molecule has 132 valence electrons. The number of hydrogen-bond acceptors (Lipinski definition) is 10. The van der Waals surface area contributed by atoms with E-state index in [0.29, 0.717) is 37.8 Å². The molecule has 1 aliphatic rings. The quantitative estimate of drug-likeness (QED) is 0.526. The first-order valence-electron chi connectivity index (χ1n) is 7.59. The highest BCUT2D eigenvalue weighted by Crippen LogP contribution is 2.21. The van der Waals surface area contributed by atoms with Crippen molar-refractivity contribution in [2.24, 2.45) is 5.10 Å². The van der Waals surface area contributed by atoms with Crippen LogP contribution in [0.1, 0.15) is 5.56 Å². The number of hydrogen-bond donors (Lipinski definition) is 3. The topological polar surface area (TPSA) is 125 Å². The predicted molar refractivity (Wildman–Crippen MR) is 90.4 cm³/mol. The zero-order valence-corrected chi connectivity index (χ0v) is 13.6. The van der Waals surface area contributed by atoms with Gasteiger partial charge in [-0.1, -0.05) is 0 Å². The van der Waals surface area contributed by atoms with E-state index in [2.05, 4.69) is 25.5 Å². The smallest absolute Gasteiger partial charge is 0.322 e. The van der Waals surface area contributed by atoms with Crippen LogP contribution in [0.3, 0.4) is 0 Å². The Balaban J connectivity index is 1.75. The first-order chi connectivity index (χ1) is 12.2. The maximum absolute atomic E-state index is 9.73. The van der Waals surface area contributed by atoms with Gasteiger partial charge in [0, 0.05) is 24.7 Å². The third-order valence-corrected chi connectivity index (χ3v) is 3.46. The largest absolute Gasteiger partial charge is 0.508 e. The van der Waals surface area contributed by atoms with Crippen LogP contribution in [0.2, 0.25) is 0 Å². The minimum absolute atomic E-state index is 0.0278. The molecule has 0 bridgehead atoms. The van der Waals surface area contributed by atoms with Gasteiger partial charge in [-0.25, -0.2) is 5.43 Å². The fourth-order valence-corrected chi connectivity index (χ4v) is 2.19. The fraction of sp³-hybridized carbons (Fsp3) is 0.333. The third kappa shape index (κ3) is 4.23. The van der Waals surface area contributed by atoms with Crippen molar-refractivity contribution in [1.82, 2.24) is 15.0 Å². The van der Waals surface area contributed by atoms with Crippen molar-refractivity contribution < 1.29 is 19.7 Å². The van der Waals surface area contributed by atoms with E-state index in [4.69, 9.17) is 9.47 Å². The van der Waals surface area contributed by atoms with Gasteiger partial charge in [0.25, 0.3) is 5.95 Å². The van der Waals surface area contributed by atoms with E-state index in [1.165, 1.54) is 31.5 Å². The highest BCUT2D eigenvalue weighted by Gasteiger charge is 2.16. The molecule has 2 heterocycles. The molecule has 3 rings (SSSR count). The molecule has 1 saturated heterocycles. The van der Waals surface area contributed by atoms with E-state index >= 15 is 0 Å². The second-order valence-electron chi connectivity index (χ2n) is 5.16. The molecule has 25 heavy (non-hydrogen) atoms. The van der Waals surface area contributed by atoms with Gasteiger partial charge in [0.2, 0.25) is 5.95 Å². The SMILES string of the molecule is COc1nc(N/N=C/c2ccc(O)cc2O)nc(N2CCOCC2)n1. The summed E-state index contributed by atoms with van der Waals surface area (Å²) in [5.41, 5.74) is 3.12. The van der Waals surface area contributed by atoms with Crippen LogP contribution in [0.15, 0.2) is 23.3 Å². The lowest BCUT2D eigenvalue weighted by Gasteiger charge is -2.26. The number of benzene rings is 1. The van der Waals surface area contributed by atoms with Gasteiger partial charge in [0.05, 0.1) is 26.5 Å². The molecule has 0 spiro atoms. The Morgan fingerprint density at radius 2 is 2.04 bits per heavy atom. The molecule has 0 amide bonds. The van der Waals surface area contributed by atoms with Crippen LogP contribution in [0.25, 0.3) is 0 Å². The van der Waals surface area contributed by atoms with Crippen molar-refractivity contribution in [3.63, 3.8) is 0 Å². The minimum atomic E-state index is -0.0900. The van der Waals surface area contributed by atoms with Gasteiger partial charge in [-0.3, -0.25) is 0 Å². The van der Waals surface area contributed by atoms with Crippen molar-refractivity contribution in [1.29, 1.82) is 0 Å². The highest BCUT2D eigenvalue weighted by molar-refractivity contribution is 5.84. The molecule has 1 aromatic carbocycles. The van der Waals surface area contributed by atoms with Crippen molar-refractivity contribution in [2.45, 2.75) is 0 Å². The number of aromatic hydroxyl groups is 2. The average Bonchev–Trinajstić information content (AvgIpc) is 2.64. The van der Waals surface area contributed by atoms with Gasteiger partial charge in [-0.2, -0.15) is 20.1 Å². The molecule has 10 nitrogen and oxygen atoms in total. The Bertz CT molecular complexity index is 764. The molecular weight excluding hydrogens is 328 g/mol. The van der Waals surface area contributed by atoms with Crippen molar-refractivity contribution in [3.05, 3.63) is 23.8 Å². The predicted octanol–water partition coefficient (Wildman–Crippen LogP) is 0.574. The number of ether oxygens (including phenoxy) is 2. The number of nitrogens with one attached hydrogen (secondary N) is 1. The Kier molecular flexibility index (Phi) is 5.09. The standard InChI is InChI=1S/C15H18N6O4/c1-24-15-18-13(17-14(19-15)21-4-6-25-7-5-21)20-16-9-10-2-3-11(22)8-12(10)23/h2-3,8-9,22-23H,4-7H2,1H3,(H,17,18,19,20)/b16-9+. The second kappa shape index (κ2) is 7.62. The summed E-state index contributed by atoms with van der Waals surface area (Å²) in [7, 11) is 1.47. The van der Waals surface area contributed by atoms with E-state index in [9.17, 15) is 10.2 Å². The van der Waals surface area contributed by atoms with E-state index in [0.717, 1.165) is 0 Å². The van der Waals surface area contributed by atoms with Gasteiger partial charge in [-0.05, 0) is 12.1 Å². The number of anilines is 2. The molecule has 0 atom stereocenters. The summed E-state index contributed by atoms with van der Waals surface area (Å²) >= 11 is 0. The molecule has 10 heteroatoms. The maximum atomic E-state index is 9.73. The third-order valence-electron chi connectivity index (χ3n) is 3.46. The number of phenolic OH excluding ortho intramolecular Hbond substituents is 2. The van der Waals surface area contributed by atoms with E-state index < -0.39 is 0 Å². The summed E-state index contributed by atoms with van der Waals surface area (Å²) < 4.78 is 10.4. The number of hydrazone groups is 1. The Hall–Kier alpha value is -3.14. The second-order valence-corrected chi connectivity index (χ2v) is 5.16. The lowest BCUT2D eigenvalue weighted by Crippen LogP contribution is -2.37. The Labute approximate surface area is 143 Å². The zero-order valence-electron chi connectivity index (χ0n) is 13.6. The lowest BCUT2D eigenvalue weighted by atomic mass is 10.2. The van der Waals surface area contributed by atoms with Crippen LogP contribution in [0.5, 0.6) is 17.5 Å². The Morgan fingerprint density at radius 3 is 2.76 bits per heavy atom. The molecule has 3 N–H and O–H groups in total. The summed E-state index contributed by atoms with van der Waals surface area (Å²) in [6.07, 6.45) is 1.39. The zero-order chi connectivity index (χ0) is 17.6. The van der Waals surface area contributed by atoms with Gasteiger partial charge in [-0.15, -0.1) is 0 Å². The van der Waals surface area contributed by atoms with Gasteiger partial charge in [0.15, 0.2) is 0 Å². The van der Waals surface area contributed by atoms with Crippen molar-refractivity contribution in [2.75, 3.05) is 43.7 Å². The average molecular weight is 346 g/mol. The number of morpholine rings is 1. The normalized spacial score (nSPS) is 14.7. The van der Waals surface area contributed by atoms with Gasteiger partial charge < -0.3 is 24.6 Å². The molecule has 0 unspecified atom stereocenters. The summed E-state index contributed by atoms with van der Waals surface area (Å²) in [4.78, 5) is 14.6. The first kappa shape index (κ1) is 16.7. The number of rotatable bonds is 5. The molecule has 1 aliphatic heterocycles.